The van der Waals surface area contributed by atoms with Crippen molar-refractivity contribution < 1.29 is 15.3 Å². The Morgan fingerprint density at radius 1 is 1.15 bits per heavy atom. The van der Waals surface area contributed by atoms with E-state index in [0.717, 1.165) is 30.4 Å². The van der Waals surface area contributed by atoms with Crippen LogP contribution in [0.3, 0.4) is 0 Å². The summed E-state index contributed by atoms with van der Waals surface area (Å²) in [4.78, 5) is 0. The minimum absolute atomic E-state index is 0.312. The molecular formula is C30H46O3. The average molecular weight is 455 g/mol. The lowest BCUT2D eigenvalue weighted by Crippen LogP contribution is -2.35. The van der Waals surface area contributed by atoms with Crippen LogP contribution in [0.25, 0.3) is 0 Å². The van der Waals surface area contributed by atoms with Crippen LogP contribution in [-0.4, -0.2) is 33.1 Å². The van der Waals surface area contributed by atoms with E-state index in [2.05, 4.69) is 44.7 Å². The summed E-state index contributed by atoms with van der Waals surface area (Å²) in [5.74, 6) is 1.77. The molecule has 3 aliphatic rings. The maximum absolute atomic E-state index is 10.5. The Balaban J connectivity index is 1.72. The van der Waals surface area contributed by atoms with Crippen LogP contribution >= 0.6 is 0 Å². The molecule has 0 bridgehead atoms. The molecule has 0 spiro atoms. The molecule has 0 heterocycles. The van der Waals surface area contributed by atoms with Crippen LogP contribution in [0.4, 0.5) is 0 Å². The van der Waals surface area contributed by atoms with Crippen molar-refractivity contribution in [3.8, 4) is 0 Å². The van der Waals surface area contributed by atoms with E-state index < -0.39 is 17.8 Å². The summed E-state index contributed by atoms with van der Waals surface area (Å²) in [6, 6.07) is 0. The van der Waals surface area contributed by atoms with Crippen molar-refractivity contribution in [3.05, 3.63) is 59.8 Å². The summed E-state index contributed by atoms with van der Waals surface area (Å²) >= 11 is 0. The van der Waals surface area contributed by atoms with Crippen LogP contribution in [-0.2, 0) is 0 Å². The molecule has 0 aromatic carbocycles. The molecule has 3 saturated carbocycles. The van der Waals surface area contributed by atoms with E-state index in [1.165, 1.54) is 31.3 Å². The van der Waals surface area contributed by atoms with Gasteiger partial charge in [-0.05, 0) is 85.7 Å². The van der Waals surface area contributed by atoms with Gasteiger partial charge in [0.25, 0.3) is 0 Å². The van der Waals surface area contributed by atoms with Crippen LogP contribution in [0.15, 0.2) is 59.8 Å². The van der Waals surface area contributed by atoms with Crippen molar-refractivity contribution in [2.75, 3.05) is 0 Å². The molecule has 3 rings (SSSR count). The lowest BCUT2D eigenvalue weighted by atomic mass is 9.61. The number of fused-ring (bicyclic) bond motifs is 1. The molecular weight excluding hydrogens is 408 g/mol. The number of hydrogen-bond acceptors (Lipinski definition) is 3. The Morgan fingerprint density at radius 3 is 2.58 bits per heavy atom. The zero-order valence-corrected chi connectivity index (χ0v) is 21.3. The van der Waals surface area contributed by atoms with E-state index in [-0.39, 0.29) is 0 Å². The summed E-state index contributed by atoms with van der Waals surface area (Å²) in [6.45, 7) is 13.0. The van der Waals surface area contributed by atoms with Crippen molar-refractivity contribution in [2.24, 2.45) is 23.2 Å². The summed E-state index contributed by atoms with van der Waals surface area (Å²) in [6.07, 6.45) is 20.3. The number of rotatable bonds is 7. The Hall–Kier alpha value is -1.42. The number of hydrogen-bond donors (Lipinski definition) is 3. The molecule has 6 atom stereocenters. The second-order valence-electron chi connectivity index (χ2n) is 11.1. The highest BCUT2D eigenvalue weighted by molar-refractivity contribution is 5.38. The van der Waals surface area contributed by atoms with Gasteiger partial charge in [-0.2, -0.15) is 0 Å². The van der Waals surface area contributed by atoms with Crippen molar-refractivity contribution in [1.29, 1.82) is 0 Å². The third-order valence-corrected chi connectivity index (χ3v) is 9.09. The fourth-order valence-corrected chi connectivity index (χ4v) is 6.70. The van der Waals surface area contributed by atoms with Crippen LogP contribution in [0.5, 0.6) is 0 Å². The predicted molar refractivity (Wildman–Crippen MR) is 138 cm³/mol. The van der Waals surface area contributed by atoms with Gasteiger partial charge in [0.2, 0.25) is 0 Å². The van der Waals surface area contributed by atoms with Crippen LogP contribution in [0.2, 0.25) is 0 Å². The second-order valence-corrected chi connectivity index (χ2v) is 11.1. The molecule has 0 unspecified atom stereocenters. The molecule has 0 aliphatic heterocycles. The predicted octanol–water partition coefficient (Wildman–Crippen LogP) is 6.43. The number of allylic oxidation sites excluding steroid dienone is 6. The Labute approximate surface area is 201 Å². The van der Waals surface area contributed by atoms with Gasteiger partial charge in [0.05, 0.1) is 17.8 Å². The van der Waals surface area contributed by atoms with E-state index in [0.29, 0.717) is 36.0 Å². The average Bonchev–Trinajstić information content (AvgIpc) is 3.15. The molecule has 3 nitrogen and oxygen atoms in total. The van der Waals surface area contributed by atoms with Gasteiger partial charge in [0.1, 0.15) is 0 Å². The molecule has 33 heavy (non-hydrogen) atoms. The third kappa shape index (κ3) is 5.81. The summed E-state index contributed by atoms with van der Waals surface area (Å²) in [7, 11) is 0. The van der Waals surface area contributed by atoms with Gasteiger partial charge in [-0.15, -0.1) is 0 Å². The number of aliphatic hydroxyl groups excluding tert-OH is 2. The van der Waals surface area contributed by atoms with Crippen molar-refractivity contribution >= 4 is 0 Å². The first-order chi connectivity index (χ1) is 15.6. The maximum atomic E-state index is 10.5. The van der Waals surface area contributed by atoms with E-state index >= 15 is 0 Å². The molecule has 3 N–H and O–H groups in total. The molecule has 0 aromatic heterocycles. The minimum atomic E-state index is -0.689. The van der Waals surface area contributed by atoms with Gasteiger partial charge in [-0.1, -0.05) is 76.3 Å². The number of aliphatic hydroxyl groups is 3. The van der Waals surface area contributed by atoms with Crippen molar-refractivity contribution in [1.82, 2.24) is 0 Å². The lowest BCUT2D eigenvalue weighted by Gasteiger charge is -2.44. The van der Waals surface area contributed by atoms with E-state index in [9.17, 15) is 15.3 Å². The molecule has 0 amide bonds. The summed E-state index contributed by atoms with van der Waals surface area (Å²) in [5.41, 5.74) is 2.92. The normalized spacial score (nSPS) is 36.9. The highest BCUT2D eigenvalue weighted by Crippen LogP contribution is 2.59. The second kappa shape index (κ2) is 10.9. The first-order valence-electron chi connectivity index (χ1n) is 13.2. The smallest absolute Gasteiger partial charge is 0.0825 e. The monoisotopic (exact) mass is 454 g/mol. The third-order valence-electron chi connectivity index (χ3n) is 9.09. The van der Waals surface area contributed by atoms with Crippen molar-refractivity contribution in [2.45, 2.75) is 103 Å². The minimum Gasteiger partial charge on any atom is -0.393 e. The van der Waals surface area contributed by atoms with Gasteiger partial charge in [-0.3, -0.25) is 0 Å². The zero-order chi connectivity index (χ0) is 24.2. The van der Waals surface area contributed by atoms with Crippen molar-refractivity contribution in [3.63, 3.8) is 0 Å². The Bertz CT molecular complexity index is 812. The molecule has 184 valence electrons. The molecule has 3 aliphatic carbocycles. The van der Waals surface area contributed by atoms with Gasteiger partial charge < -0.3 is 15.3 Å². The largest absolute Gasteiger partial charge is 0.393 e. The highest BCUT2D eigenvalue weighted by Gasteiger charge is 2.50. The topological polar surface area (TPSA) is 60.7 Å². The fraction of sp³-hybridized carbons (Fsp3) is 0.667. The van der Waals surface area contributed by atoms with E-state index in [1.54, 1.807) is 0 Å². The SMILES string of the molecule is C=C1/C(=C/C=C2/CCC[C@@]3(C)[C@@H]2CC[C@@H]3[C@@H](C)/C=C/C=C/C(O)(CC)CC)C[C@@H](O)C[C@@H]1O. The van der Waals surface area contributed by atoms with Gasteiger partial charge in [0, 0.05) is 6.42 Å². The molecule has 0 saturated heterocycles. The standard InChI is InChI=1S/C30H46O3/c1-6-30(33,7-2)18-9-8-11-21(3)26-15-16-27-23(12-10-17-29(26,27)5)13-14-24-19-25(31)20-28(32)22(24)4/h8-9,11,13-14,18,21,25-28,31-33H,4,6-7,10,12,15-17,19-20H2,1-3,5H3/b11-8+,18-9+,23-13-,24-14+/t21-,25+,26+,27+,28-,29+/m0/s1. The summed E-state index contributed by atoms with van der Waals surface area (Å²) in [5, 5.41) is 30.7. The quantitative estimate of drug-likeness (QED) is 0.389. The first kappa shape index (κ1) is 26.2. The molecule has 3 fully saturated rings. The molecule has 0 aromatic rings. The Morgan fingerprint density at radius 2 is 1.88 bits per heavy atom. The zero-order valence-electron chi connectivity index (χ0n) is 21.3. The molecule has 3 heteroatoms. The van der Waals surface area contributed by atoms with Crippen LogP contribution in [0, 0.1) is 23.2 Å². The maximum Gasteiger partial charge on any atom is 0.0825 e. The van der Waals surface area contributed by atoms with Gasteiger partial charge >= 0.3 is 0 Å². The van der Waals surface area contributed by atoms with E-state index in [4.69, 9.17) is 0 Å². The van der Waals surface area contributed by atoms with E-state index in [1.807, 2.05) is 26.0 Å². The Kier molecular flexibility index (Phi) is 8.64. The highest BCUT2D eigenvalue weighted by atomic mass is 16.3. The van der Waals surface area contributed by atoms with Crippen LogP contribution < -0.4 is 0 Å². The van der Waals surface area contributed by atoms with Gasteiger partial charge in [0.15, 0.2) is 0 Å². The lowest BCUT2D eigenvalue weighted by molar-refractivity contribution is 0.0827. The first-order valence-corrected chi connectivity index (χ1v) is 13.2. The van der Waals surface area contributed by atoms with Crippen LogP contribution in [0.1, 0.15) is 85.5 Å². The van der Waals surface area contributed by atoms with Gasteiger partial charge in [-0.25, -0.2) is 0 Å². The molecule has 0 radical (unpaired) electrons. The fourth-order valence-electron chi connectivity index (χ4n) is 6.70. The summed E-state index contributed by atoms with van der Waals surface area (Å²) < 4.78 is 0.